The van der Waals surface area contributed by atoms with Gasteiger partial charge in [-0.2, -0.15) is 4.98 Å². The third-order valence-electron chi connectivity index (χ3n) is 2.12. The summed E-state index contributed by atoms with van der Waals surface area (Å²) in [5, 5.41) is 3.06. The zero-order valence-corrected chi connectivity index (χ0v) is 9.82. The highest BCUT2D eigenvalue weighted by molar-refractivity contribution is 5.76. The molecule has 1 heterocycles. The van der Waals surface area contributed by atoms with Gasteiger partial charge in [0, 0.05) is 38.8 Å². The van der Waals surface area contributed by atoms with Gasteiger partial charge in [-0.25, -0.2) is 4.98 Å². The fourth-order valence-electron chi connectivity index (χ4n) is 1.15. The quantitative estimate of drug-likeness (QED) is 0.764. The molecule has 0 spiro atoms. The van der Waals surface area contributed by atoms with Gasteiger partial charge in [0.05, 0.1) is 0 Å². The zero-order valence-electron chi connectivity index (χ0n) is 9.82. The maximum atomic E-state index is 11.3. The van der Waals surface area contributed by atoms with E-state index in [2.05, 4.69) is 15.3 Å². The largest absolute Gasteiger partial charge is 0.369 e. The van der Waals surface area contributed by atoms with Gasteiger partial charge in [0.25, 0.3) is 0 Å². The number of hydrogen-bond acceptors (Lipinski definition) is 5. The Morgan fingerprint density at radius 2 is 2.25 bits per heavy atom. The van der Waals surface area contributed by atoms with E-state index in [9.17, 15) is 4.79 Å². The molecular formula is C10H17N5O. The fourth-order valence-corrected chi connectivity index (χ4v) is 1.15. The van der Waals surface area contributed by atoms with Crippen LogP contribution in [0.5, 0.6) is 0 Å². The van der Waals surface area contributed by atoms with Crippen molar-refractivity contribution in [2.24, 2.45) is 0 Å². The van der Waals surface area contributed by atoms with Crippen molar-refractivity contribution in [3.05, 3.63) is 11.8 Å². The molecule has 1 aromatic heterocycles. The number of aryl methyl sites for hydroxylation is 1. The first kappa shape index (κ1) is 12.2. The maximum Gasteiger partial charge on any atom is 0.223 e. The molecule has 0 aromatic carbocycles. The van der Waals surface area contributed by atoms with Gasteiger partial charge in [-0.1, -0.05) is 0 Å². The van der Waals surface area contributed by atoms with Gasteiger partial charge in [-0.15, -0.1) is 0 Å². The highest BCUT2D eigenvalue weighted by Crippen LogP contribution is 2.10. The van der Waals surface area contributed by atoms with Crippen LogP contribution in [0.15, 0.2) is 6.20 Å². The maximum absolute atomic E-state index is 11.3. The predicted molar refractivity (Wildman–Crippen MR) is 63.0 cm³/mol. The van der Waals surface area contributed by atoms with Crippen molar-refractivity contribution >= 4 is 17.7 Å². The van der Waals surface area contributed by atoms with Crippen LogP contribution in [0.1, 0.15) is 12.0 Å². The molecule has 0 fully saturated rings. The van der Waals surface area contributed by atoms with Crippen molar-refractivity contribution in [1.29, 1.82) is 0 Å². The summed E-state index contributed by atoms with van der Waals surface area (Å²) in [6, 6.07) is 0. The summed E-state index contributed by atoms with van der Waals surface area (Å²) in [7, 11) is 3.46. The van der Waals surface area contributed by atoms with Crippen molar-refractivity contribution in [3.63, 3.8) is 0 Å². The number of nitrogens with zero attached hydrogens (tertiary/aromatic N) is 3. The Kier molecular flexibility index (Phi) is 4.04. The normalized spacial score (nSPS) is 9.94. The molecular weight excluding hydrogens is 206 g/mol. The number of nitrogen functional groups attached to an aromatic ring is 1. The molecule has 1 rings (SSSR count). The lowest BCUT2D eigenvalue weighted by Crippen LogP contribution is -2.24. The second kappa shape index (κ2) is 5.29. The zero-order chi connectivity index (χ0) is 12.1. The Balaban J connectivity index is 2.49. The second-order valence-electron chi connectivity index (χ2n) is 3.72. The Labute approximate surface area is 94.9 Å². The number of carbonyl (C=O) groups excluding carboxylic acids is 1. The number of carbonyl (C=O) groups is 1. The molecule has 16 heavy (non-hydrogen) atoms. The van der Waals surface area contributed by atoms with Crippen LogP contribution in [0, 0.1) is 6.92 Å². The van der Waals surface area contributed by atoms with E-state index in [0.717, 1.165) is 5.56 Å². The summed E-state index contributed by atoms with van der Waals surface area (Å²) in [6.45, 7) is 2.42. The average Bonchev–Trinajstić information content (AvgIpc) is 2.22. The number of aromatic nitrogens is 2. The molecule has 0 saturated carbocycles. The molecule has 0 aliphatic carbocycles. The van der Waals surface area contributed by atoms with E-state index in [1.165, 1.54) is 0 Å². The van der Waals surface area contributed by atoms with Crippen LogP contribution in [0.25, 0.3) is 0 Å². The van der Waals surface area contributed by atoms with E-state index < -0.39 is 0 Å². The summed E-state index contributed by atoms with van der Waals surface area (Å²) < 4.78 is 0. The van der Waals surface area contributed by atoms with Crippen LogP contribution in [0.4, 0.5) is 11.8 Å². The molecule has 1 aromatic rings. The molecule has 0 atom stereocenters. The Morgan fingerprint density at radius 1 is 1.56 bits per heavy atom. The van der Waals surface area contributed by atoms with E-state index >= 15 is 0 Å². The number of nitrogens with two attached hydrogens (primary N) is 1. The van der Waals surface area contributed by atoms with Crippen molar-refractivity contribution in [3.8, 4) is 0 Å². The lowest BCUT2D eigenvalue weighted by molar-refractivity contribution is -0.128. The van der Waals surface area contributed by atoms with Crippen LogP contribution in [0.3, 0.4) is 0 Å². The summed E-state index contributed by atoms with van der Waals surface area (Å²) in [4.78, 5) is 20.8. The molecule has 6 nitrogen and oxygen atoms in total. The minimum absolute atomic E-state index is 0.0761. The van der Waals surface area contributed by atoms with E-state index in [-0.39, 0.29) is 11.9 Å². The molecule has 0 aliphatic heterocycles. The summed E-state index contributed by atoms with van der Waals surface area (Å²) in [5.41, 5.74) is 6.38. The molecule has 0 bridgehead atoms. The Hall–Kier alpha value is -1.85. The standard InChI is InChI=1S/C10H17N5O/c1-7-6-13-10(11)14-9(7)12-5-4-8(16)15(2)3/h6H,4-5H2,1-3H3,(H3,11,12,13,14). The number of nitrogens with one attached hydrogen (secondary N) is 1. The summed E-state index contributed by atoms with van der Waals surface area (Å²) in [6.07, 6.45) is 2.08. The SMILES string of the molecule is Cc1cnc(N)nc1NCCC(=O)N(C)C. The highest BCUT2D eigenvalue weighted by atomic mass is 16.2. The number of rotatable bonds is 4. The van der Waals surface area contributed by atoms with E-state index in [4.69, 9.17) is 5.73 Å². The van der Waals surface area contributed by atoms with Gasteiger partial charge in [-0.3, -0.25) is 4.79 Å². The van der Waals surface area contributed by atoms with Gasteiger partial charge in [-0.05, 0) is 6.92 Å². The Bertz CT molecular complexity index is 377. The third kappa shape index (κ3) is 3.38. The molecule has 0 unspecified atom stereocenters. The first-order valence-corrected chi connectivity index (χ1v) is 5.04. The van der Waals surface area contributed by atoms with Crippen molar-refractivity contribution < 1.29 is 4.79 Å². The number of anilines is 2. The van der Waals surface area contributed by atoms with Gasteiger partial charge in [0.15, 0.2) is 0 Å². The van der Waals surface area contributed by atoms with E-state index in [0.29, 0.717) is 18.8 Å². The van der Waals surface area contributed by atoms with Crippen molar-refractivity contribution in [2.75, 3.05) is 31.7 Å². The van der Waals surface area contributed by atoms with Gasteiger partial charge < -0.3 is 16.0 Å². The van der Waals surface area contributed by atoms with Gasteiger partial charge in [0.2, 0.25) is 11.9 Å². The monoisotopic (exact) mass is 223 g/mol. The average molecular weight is 223 g/mol. The predicted octanol–water partition coefficient (Wildman–Crippen LogP) is 0.257. The van der Waals surface area contributed by atoms with Crippen LogP contribution < -0.4 is 11.1 Å². The molecule has 0 aliphatic rings. The first-order valence-electron chi connectivity index (χ1n) is 5.04. The van der Waals surface area contributed by atoms with E-state index in [1.54, 1.807) is 25.2 Å². The van der Waals surface area contributed by atoms with Crippen LogP contribution in [-0.2, 0) is 4.79 Å². The summed E-state index contributed by atoms with van der Waals surface area (Å²) in [5.74, 6) is 0.985. The minimum Gasteiger partial charge on any atom is -0.369 e. The smallest absolute Gasteiger partial charge is 0.223 e. The topological polar surface area (TPSA) is 84.1 Å². The van der Waals surface area contributed by atoms with Crippen LogP contribution >= 0.6 is 0 Å². The molecule has 0 radical (unpaired) electrons. The summed E-state index contributed by atoms with van der Waals surface area (Å²) >= 11 is 0. The number of amides is 1. The highest BCUT2D eigenvalue weighted by Gasteiger charge is 2.05. The molecule has 6 heteroatoms. The minimum atomic E-state index is 0.0761. The number of hydrogen-bond donors (Lipinski definition) is 2. The molecule has 1 amide bonds. The second-order valence-corrected chi connectivity index (χ2v) is 3.72. The van der Waals surface area contributed by atoms with Gasteiger partial charge in [0.1, 0.15) is 5.82 Å². The molecule has 88 valence electrons. The van der Waals surface area contributed by atoms with Crippen LogP contribution in [-0.4, -0.2) is 41.4 Å². The molecule has 0 saturated heterocycles. The van der Waals surface area contributed by atoms with Crippen LogP contribution in [0.2, 0.25) is 0 Å². The molecule has 3 N–H and O–H groups in total. The lowest BCUT2D eigenvalue weighted by Gasteiger charge is -2.11. The van der Waals surface area contributed by atoms with Gasteiger partial charge >= 0.3 is 0 Å². The van der Waals surface area contributed by atoms with Crippen molar-refractivity contribution in [1.82, 2.24) is 14.9 Å². The third-order valence-corrected chi connectivity index (χ3v) is 2.12. The van der Waals surface area contributed by atoms with Crippen molar-refractivity contribution in [2.45, 2.75) is 13.3 Å². The van der Waals surface area contributed by atoms with E-state index in [1.807, 2.05) is 6.92 Å². The Morgan fingerprint density at radius 3 is 2.88 bits per heavy atom. The lowest BCUT2D eigenvalue weighted by atomic mass is 10.3. The first-order chi connectivity index (χ1) is 7.50. The fraction of sp³-hybridized carbons (Fsp3) is 0.500.